The van der Waals surface area contributed by atoms with Crippen LogP contribution in [0.15, 0.2) is 35.3 Å². The van der Waals surface area contributed by atoms with Gasteiger partial charge in [-0.3, -0.25) is 19.5 Å². The number of fused-ring (bicyclic) bond motifs is 5. The lowest BCUT2D eigenvalue weighted by Crippen LogP contribution is -2.39. The minimum absolute atomic E-state index is 0.00229. The van der Waals surface area contributed by atoms with Gasteiger partial charge in [0.1, 0.15) is 5.82 Å². The molecule has 1 heterocycles. The van der Waals surface area contributed by atoms with Gasteiger partial charge < -0.3 is 15.4 Å². The quantitative estimate of drug-likeness (QED) is 0.217. The smallest absolute Gasteiger partial charge is 0.233 e. The number of nitrogens with one attached hydrogen (secondary N) is 2. The van der Waals surface area contributed by atoms with Crippen molar-refractivity contribution in [3.63, 3.8) is 0 Å². The Hall–Kier alpha value is -2.74. The van der Waals surface area contributed by atoms with Gasteiger partial charge in [-0.15, -0.1) is 0 Å². The van der Waals surface area contributed by atoms with Crippen molar-refractivity contribution in [1.29, 1.82) is 0 Å². The number of allylic oxidation sites excluding steroid dienone is 2. The summed E-state index contributed by atoms with van der Waals surface area (Å²) in [5, 5.41) is 6.40. The average Bonchev–Trinajstić information content (AvgIpc) is 3.45. The zero-order valence-electron chi connectivity index (χ0n) is 17.9. The molecule has 7 nitrogen and oxygen atoms in total. The molecule has 4 unspecified atom stereocenters. The van der Waals surface area contributed by atoms with Crippen LogP contribution in [0.2, 0.25) is 0 Å². The maximum absolute atomic E-state index is 13.7. The highest BCUT2D eigenvalue weighted by molar-refractivity contribution is 6.06. The van der Waals surface area contributed by atoms with Crippen molar-refractivity contribution in [3.8, 4) is 0 Å². The van der Waals surface area contributed by atoms with Crippen LogP contribution in [0.3, 0.4) is 0 Å². The number of guanidine groups is 1. The largest absolute Gasteiger partial charge is 0.380 e. The molecule has 4 atom stereocenters. The zero-order chi connectivity index (χ0) is 22.0. The number of rotatable bonds is 8. The average molecular weight is 429 g/mol. The van der Waals surface area contributed by atoms with Gasteiger partial charge in [-0.25, -0.2) is 4.39 Å². The lowest BCUT2D eigenvalue weighted by atomic mass is 9.85. The van der Waals surface area contributed by atoms with Gasteiger partial charge in [-0.05, 0) is 42.4 Å². The van der Waals surface area contributed by atoms with E-state index in [9.17, 15) is 14.0 Å². The van der Waals surface area contributed by atoms with Crippen molar-refractivity contribution < 1.29 is 18.7 Å². The number of imide groups is 1. The van der Waals surface area contributed by atoms with Crippen LogP contribution in [0, 0.1) is 29.5 Å². The summed E-state index contributed by atoms with van der Waals surface area (Å²) in [5.41, 5.74) is 1.43. The lowest BCUT2D eigenvalue weighted by Gasteiger charge is -2.18. The standard InChI is InChI=1S/C23H29FN4O3/c1-25-23(27-12-14-4-7-18(24)17(10-14)13-31-2)26-8-3-9-28-21(29)19-15-5-6-16(11-15)20(19)22(28)30/h4-7,10,15-16,19-20H,3,8-9,11-13H2,1-2H3,(H2,25,26,27). The third kappa shape index (κ3) is 4.21. The number of carbonyl (C=O) groups is 2. The molecule has 0 spiro atoms. The molecule has 1 aromatic rings. The summed E-state index contributed by atoms with van der Waals surface area (Å²) in [6, 6.07) is 4.92. The van der Waals surface area contributed by atoms with Gasteiger partial charge in [0.15, 0.2) is 5.96 Å². The molecule has 1 aliphatic heterocycles. The summed E-state index contributed by atoms with van der Waals surface area (Å²) < 4.78 is 18.8. The molecular formula is C23H29FN4O3. The van der Waals surface area contributed by atoms with Crippen LogP contribution < -0.4 is 10.6 Å². The van der Waals surface area contributed by atoms with Gasteiger partial charge in [-0.1, -0.05) is 18.2 Å². The predicted molar refractivity (Wildman–Crippen MR) is 114 cm³/mol. The summed E-state index contributed by atoms with van der Waals surface area (Å²) in [4.78, 5) is 31.1. The second-order valence-corrected chi connectivity index (χ2v) is 8.39. The van der Waals surface area contributed by atoms with Crippen molar-refractivity contribution in [2.24, 2.45) is 28.7 Å². The van der Waals surface area contributed by atoms with Crippen LogP contribution in [0.5, 0.6) is 0 Å². The highest BCUT2D eigenvalue weighted by atomic mass is 19.1. The van der Waals surface area contributed by atoms with E-state index in [2.05, 4.69) is 27.8 Å². The van der Waals surface area contributed by atoms with E-state index < -0.39 is 0 Å². The van der Waals surface area contributed by atoms with E-state index in [0.717, 1.165) is 12.0 Å². The molecule has 8 heteroatoms. The number of methoxy groups -OCH3 is 1. The Bertz CT molecular complexity index is 886. The number of amides is 2. The number of aliphatic imine (C=N–C) groups is 1. The number of carbonyl (C=O) groups excluding carboxylic acids is 2. The number of likely N-dealkylation sites (tertiary alicyclic amines) is 1. The van der Waals surface area contributed by atoms with Crippen LogP contribution in [0.1, 0.15) is 24.0 Å². The number of hydrogen-bond donors (Lipinski definition) is 2. The van der Waals surface area contributed by atoms with Gasteiger partial charge in [0.05, 0.1) is 18.4 Å². The maximum atomic E-state index is 13.7. The molecule has 166 valence electrons. The van der Waals surface area contributed by atoms with Crippen LogP contribution >= 0.6 is 0 Å². The molecule has 0 aromatic heterocycles. The van der Waals surface area contributed by atoms with E-state index in [4.69, 9.17) is 4.74 Å². The summed E-state index contributed by atoms with van der Waals surface area (Å²) in [5.74, 6) is 0.534. The van der Waals surface area contributed by atoms with E-state index >= 15 is 0 Å². The second kappa shape index (κ2) is 9.18. The predicted octanol–water partition coefficient (Wildman–Crippen LogP) is 1.83. The number of halogens is 1. The van der Waals surface area contributed by atoms with E-state index in [1.807, 2.05) is 0 Å². The van der Waals surface area contributed by atoms with Crippen molar-refractivity contribution in [3.05, 3.63) is 47.3 Å². The zero-order valence-corrected chi connectivity index (χ0v) is 17.9. The van der Waals surface area contributed by atoms with E-state index in [1.165, 1.54) is 18.1 Å². The second-order valence-electron chi connectivity index (χ2n) is 8.39. The highest BCUT2D eigenvalue weighted by Gasteiger charge is 2.58. The molecule has 4 rings (SSSR count). The van der Waals surface area contributed by atoms with Gasteiger partial charge in [-0.2, -0.15) is 0 Å². The Balaban J connectivity index is 1.22. The molecule has 2 amide bonds. The van der Waals surface area contributed by atoms with Crippen LogP contribution in [-0.2, 0) is 27.5 Å². The van der Waals surface area contributed by atoms with Gasteiger partial charge >= 0.3 is 0 Å². The number of ether oxygens (including phenoxy) is 1. The molecule has 2 fully saturated rings. The summed E-state index contributed by atoms with van der Waals surface area (Å²) in [6.45, 7) is 1.71. The lowest BCUT2D eigenvalue weighted by molar-refractivity contribution is -0.140. The minimum atomic E-state index is -0.285. The van der Waals surface area contributed by atoms with Crippen molar-refractivity contribution in [2.45, 2.75) is 26.0 Å². The molecule has 1 saturated carbocycles. The molecule has 31 heavy (non-hydrogen) atoms. The monoisotopic (exact) mass is 428 g/mol. The molecule has 2 aliphatic carbocycles. The van der Waals surface area contributed by atoms with Crippen LogP contribution in [0.4, 0.5) is 4.39 Å². The Morgan fingerprint density at radius 1 is 1.19 bits per heavy atom. The molecule has 1 saturated heterocycles. The van der Waals surface area contributed by atoms with Gasteiger partial charge in [0.25, 0.3) is 0 Å². The van der Waals surface area contributed by atoms with E-state index in [1.54, 1.807) is 19.2 Å². The third-order valence-electron chi connectivity index (χ3n) is 6.51. The first-order valence-electron chi connectivity index (χ1n) is 10.8. The Kier molecular flexibility index (Phi) is 6.36. The first-order chi connectivity index (χ1) is 15.0. The van der Waals surface area contributed by atoms with Crippen molar-refractivity contribution in [1.82, 2.24) is 15.5 Å². The summed E-state index contributed by atoms with van der Waals surface area (Å²) >= 11 is 0. The van der Waals surface area contributed by atoms with E-state index in [0.29, 0.717) is 37.6 Å². The maximum Gasteiger partial charge on any atom is 0.233 e. The fraction of sp³-hybridized carbons (Fsp3) is 0.522. The van der Waals surface area contributed by atoms with Crippen LogP contribution in [0.25, 0.3) is 0 Å². The SMILES string of the molecule is CN=C(NCCCN1C(=O)C2C3C=CC(C3)C2C1=O)NCc1ccc(F)c(COC)c1. The number of hydrogen-bond acceptors (Lipinski definition) is 4. The molecule has 0 radical (unpaired) electrons. The van der Waals surface area contributed by atoms with Crippen LogP contribution in [-0.4, -0.2) is 49.9 Å². The van der Waals surface area contributed by atoms with Crippen molar-refractivity contribution >= 4 is 17.8 Å². The summed E-state index contributed by atoms with van der Waals surface area (Å²) in [7, 11) is 3.21. The molecular weight excluding hydrogens is 399 g/mol. The minimum Gasteiger partial charge on any atom is -0.380 e. The molecule has 2 bridgehead atoms. The fourth-order valence-electron chi connectivity index (χ4n) is 5.04. The number of benzene rings is 1. The molecule has 2 N–H and O–H groups in total. The van der Waals surface area contributed by atoms with E-state index in [-0.39, 0.29) is 47.9 Å². The Labute approximate surface area is 181 Å². The highest BCUT2D eigenvalue weighted by Crippen LogP contribution is 2.52. The fourth-order valence-corrected chi connectivity index (χ4v) is 5.04. The first-order valence-corrected chi connectivity index (χ1v) is 10.8. The third-order valence-corrected chi connectivity index (χ3v) is 6.51. The molecule has 1 aromatic carbocycles. The number of nitrogens with zero attached hydrogens (tertiary/aromatic N) is 2. The molecule has 3 aliphatic rings. The van der Waals surface area contributed by atoms with Crippen molar-refractivity contribution in [2.75, 3.05) is 27.2 Å². The Morgan fingerprint density at radius 2 is 1.90 bits per heavy atom. The van der Waals surface area contributed by atoms with Gasteiger partial charge in [0, 0.05) is 39.4 Å². The first kappa shape index (κ1) is 21.5. The Morgan fingerprint density at radius 3 is 2.55 bits per heavy atom. The normalized spacial score (nSPS) is 26.7. The topological polar surface area (TPSA) is 83.0 Å². The summed E-state index contributed by atoms with van der Waals surface area (Å²) in [6.07, 6.45) is 5.81. The van der Waals surface area contributed by atoms with Gasteiger partial charge in [0.2, 0.25) is 11.8 Å².